The Morgan fingerprint density at radius 3 is 2.52 bits per heavy atom. The number of hydrogen-bond acceptors (Lipinski definition) is 3. The number of amides is 1. The molecule has 2 heterocycles. The first kappa shape index (κ1) is 15.2. The van der Waals surface area contributed by atoms with Crippen LogP contribution in [0, 0.1) is 5.21 Å². The van der Waals surface area contributed by atoms with Crippen LogP contribution in [-0.2, 0) is 6.42 Å². The number of nitrogens with one attached hydrogen (secondary N) is 1. The molecule has 5 heteroatoms. The number of rotatable bonds is 3. The quantitative estimate of drug-likeness (QED) is 0.592. The van der Waals surface area contributed by atoms with Crippen LogP contribution in [0.3, 0.4) is 0 Å². The van der Waals surface area contributed by atoms with Gasteiger partial charge in [-0.3, -0.25) is 4.79 Å². The van der Waals surface area contributed by atoms with Crippen molar-refractivity contribution in [3.8, 4) is 0 Å². The fourth-order valence-corrected chi connectivity index (χ4v) is 3.19. The maximum Gasteiger partial charge on any atom is 0.321 e. The molecule has 1 aromatic heterocycles. The Morgan fingerprint density at radius 2 is 1.68 bits per heavy atom. The Kier molecular flexibility index (Phi) is 3.82. The highest BCUT2D eigenvalue weighted by Crippen LogP contribution is 2.38. The van der Waals surface area contributed by atoms with E-state index >= 15 is 0 Å². The molecule has 5 nitrogen and oxygen atoms in total. The number of carbonyl (C=O) groups is 1. The van der Waals surface area contributed by atoms with E-state index in [0.29, 0.717) is 10.4 Å². The second-order valence-electron chi connectivity index (χ2n) is 5.91. The topological polar surface area (TPSA) is 59.3 Å². The lowest BCUT2D eigenvalue weighted by molar-refractivity contribution is -0.607. The van der Waals surface area contributed by atoms with Crippen LogP contribution in [0.25, 0.3) is 0 Å². The van der Waals surface area contributed by atoms with Crippen molar-refractivity contribution in [2.75, 3.05) is 16.8 Å². The van der Waals surface area contributed by atoms with E-state index in [2.05, 4.69) is 22.3 Å². The van der Waals surface area contributed by atoms with Gasteiger partial charge in [0.25, 0.3) is 5.69 Å². The largest absolute Gasteiger partial charge is 0.618 e. The van der Waals surface area contributed by atoms with Gasteiger partial charge in [-0.1, -0.05) is 30.3 Å². The SMILES string of the molecule is O=C(Nc1ccccc1N1CCc2ccccc21)c1cccc[n+]1[O-]. The number of fused-ring (bicyclic) bond motifs is 1. The van der Waals surface area contributed by atoms with Crippen LogP contribution < -0.4 is 14.9 Å². The van der Waals surface area contributed by atoms with Crippen LogP contribution in [0.5, 0.6) is 0 Å². The molecule has 0 saturated heterocycles. The molecule has 0 aliphatic carbocycles. The smallest absolute Gasteiger partial charge is 0.321 e. The normalized spacial score (nSPS) is 12.7. The van der Waals surface area contributed by atoms with Crippen molar-refractivity contribution in [1.29, 1.82) is 0 Å². The summed E-state index contributed by atoms with van der Waals surface area (Å²) in [7, 11) is 0. The maximum absolute atomic E-state index is 12.5. The van der Waals surface area contributed by atoms with Crippen molar-refractivity contribution in [3.05, 3.63) is 89.4 Å². The summed E-state index contributed by atoms with van der Waals surface area (Å²) in [6, 6.07) is 20.7. The minimum atomic E-state index is -0.421. The number of para-hydroxylation sites is 3. The Labute approximate surface area is 145 Å². The van der Waals surface area contributed by atoms with Gasteiger partial charge < -0.3 is 15.4 Å². The Morgan fingerprint density at radius 1 is 0.960 bits per heavy atom. The molecule has 2 aromatic carbocycles. The lowest BCUT2D eigenvalue weighted by Crippen LogP contribution is -2.36. The average molecular weight is 331 g/mol. The molecule has 1 aliphatic heterocycles. The van der Waals surface area contributed by atoms with Gasteiger partial charge >= 0.3 is 5.91 Å². The number of anilines is 3. The minimum absolute atomic E-state index is 0.0686. The molecule has 3 aromatic rings. The van der Waals surface area contributed by atoms with Gasteiger partial charge in [0.05, 0.1) is 11.4 Å². The highest BCUT2D eigenvalue weighted by Gasteiger charge is 2.23. The van der Waals surface area contributed by atoms with E-state index in [9.17, 15) is 10.0 Å². The third-order valence-corrected chi connectivity index (χ3v) is 4.39. The fourth-order valence-electron chi connectivity index (χ4n) is 3.19. The third-order valence-electron chi connectivity index (χ3n) is 4.39. The van der Waals surface area contributed by atoms with Gasteiger partial charge in [0, 0.05) is 24.4 Å². The lowest BCUT2D eigenvalue weighted by atomic mass is 10.1. The number of benzene rings is 2. The lowest BCUT2D eigenvalue weighted by Gasteiger charge is -2.22. The van der Waals surface area contributed by atoms with Gasteiger partial charge in [0.1, 0.15) is 0 Å². The summed E-state index contributed by atoms with van der Waals surface area (Å²) in [4.78, 5) is 14.7. The minimum Gasteiger partial charge on any atom is -0.618 e. The molecule has 1 amide bonds. The molecule has 124 valence electrons. The standard InChI is InChI=1S/C20H17N3O2/c24-20(19-11-5-6-13-23(19)25)21-16-8-2-4-10-18(16)22-14-12-15-7-1-3-9-17(15)22/h1-11,13H,12,14H2,(H,21,24). The molecular formula is C20H17N3O2. The van der Waals surface area contributed by atoms with Gasteiger partial charge in [-0.2, -0.15) is 4.73 Å². The predicted molar refractivity (Wildman–Crippen MR) is 96.9 cm³/mol. The van der Waals surface area contributed by atoms with Crippen molar-refractivity contribution in [2.24, 2.45) is 0 Å². The first-order chi connectivity index (χ1) is 12.2. The van der Waals surface area contributed by atoms with Gasteiger partial charge in [-0.15, -0.1) is 0 Å². The van der Waals surface area contributed by atoms with Crippen LogP contribution in [0.4, 0.5) is 17.1 Å². The molecule has 4 rings (SSSR count). The first-order valence-electron chi connectivity index (χ1n) is 8.18. The third kappa shape index (κ3) is 2.80. The number of carbonyl (C=O) groups excluding carboxylic acids is 1. The monoisotopic (exact) mass is 331 g/mol. The molecule has 25 heavy (non-hydrogen) atoms. The van der Waals surface area contributed by atoms with E-state index in [1.165, 1.54) is 17.8 Å². The summed E-state index contributed by atoms with van der Waals surface area (Å²) in [5, 5.41) is 14.7. The second-order valence-corrected chi connectivity index (χ2v) is 5.91. The van der Waals surface area contributed by atoms with E-state index in [1.807, 2.05) is 36.4 Å². The predicted octanol–water partition coefficient (Wildman–Crippen LogP) is 3.27. The number of nitrogens with zero attached hydrogens (tertiary/aromatic N) is 2. The fraction of sp³-hybridized carbons (Fsp3) is 0.100. The van der Waals surface area contributed by atoms with Gasteiger partial charge in [0.2, 0.25) is 0 Å². The summed E-state index contributed by atoms with van der Waals surface area (Å²) in [5.41, 5.74) is 4.13. The van der Waals surface area contributed by atoms with E-state index in [0.717, 1.165) is 24.3 Å². The molecule has 0 atom stereocenters. The summed E-state index contributed by atoms with van der Waals surface area (Å²) >= 11 is 0. The zero-order valence-electron chi connectivity index (χ0n) is 13.6. The summed E-state index contributed by atoms with van der Waals surface area (Å²) in [5.74, 6) is -0.421. The molecule has 0 spiro atoms. The molecule has 0 saturated carbocycles. The molecule has 0 radical (unpaired) electrons. The summed E-state index contributed by atoms with van der Waals surface area (Å²) < 4.78 is 0.573. The number of hydrogen-bond donors (Lipinski definition) is 1. The second kappa shape index (κ2) is 6.28. The Bertz CT molecular complexity index is 939. The number of aromatic nitrogens is 1. The maximum atomic E-state index is 12.5. The Hall–Kier alpha value is -3.34. The highest BCUT2D eigenvalue weighted by molar-refractivity contribution is 6.04. The molecular weight excluding hydrogens is 314 g/mol. The van der Waals surface area contributed by atoms with Gasteiger partial charge in [-0.25, -0.2) is 0 Å². The molecule has 0 bridgehead atoms. The van der Waals surface area contributed by atoms with Crippen molar-refractivity contribution >= 4 is 23.0 Å². The van der Waals surface area contributed by atoms with Crippen LogP contribution >= 0.6 is 0 Å². The summed E-state index contributed by atoms with van der Waals surface area (Å²) in [6.07, 6.45) is 2.29. The number of pyridine rings is 1. The van der Waals surface area contributed by atoms with E-state index in [4.69, 9.17) is 0 Å². The molecule has 0 fully saturated rings. The van der Waals surface area contributed by atoms with Crippen LogP contribution in [0.2, 0.25) is 0 Å². The zero-order valence-corrected chi connectivity index (χ0v) is 13.6. The average Bonchev–Trinajstić information content (AvgIpc) is 3.06. The van der Waals surface area contributed by atoms with E-state index in [1.54, 1.807) is 12.1 Å². The molecule has 0 unspecified atom stereocenters. The van der Waals surface area contributed by atoms with E-state index < -0.39 is 5.91 Å². The van der Waals surface area contributed by atoms with Crippen molar-refractivity contribution in [2.45, 2.75) is 6.42 Å². The van der Waals surface area contributed by atoms with Crippen LogP contribution in [0.1, 0.15) is 16.1 Å². The molecule has 1 aliphatic rings. The van der Waals surface area contributed by atoms with Crippen LogP contribution in [-0.4, -0.2) is 12.5 Å². The molecule has 1 N–H and O–H groups in total. The van der Waals surface area contributed by atoms with Crippen molar-refractivity contribution in [3.63, 3.8) is 0 Å². The van der Waals surface area contributed by atoms with E-state index in [-0.39, 0.29) is 5.69 Å². The highest BCUT2D eigenvalue weighted by atomic mass is 16.5. The van der Waals surface area contributed by atoms with Crippen molar-refractivity contribution < 1.29 is 9.52 Å². The van der Waals surface area contributed by atoms with Gasteiger partial charge in [-0.05, 0) is 36.2 Å². The van der Waals surface area contributed by atoms with Crippen molar-refractivity contribution in [1.82, 2.24) is 0 Å². The van der Waals surface area contributed by atoms with Gasteiger partial charge in [0.15, 0.2) is 6.20 Å². The Balaban J connectivity index is 1.67. The summed E-state index contributed by atoms with van der Waals surface area (Å²) in [6.45, 7) is 0.860. The zero-order chi connectivity index (χ0) is 17.2. The van der Waals surface area contributed by atoms with Crippen LogP contribution in [0.15, 0.2) is 72.9 Å². The first-order valence-corrected chi connectivity index (χ1v) is 8.18.